The maximum absolute atomic E-state index is 11.5. The van der Waals surface area contributed by atoms with Gasteiger partial charge in [-0.05, 0) is 0 Å². The van der Waals surface area contributed by atoms with Gasteiger partial charge in [-0.1, -0.05) is 0 Å². The molecule has 0 aliphatic carbocycles. The highest BCUT2D eigenvalue weighted by Gasteiger charge is 2.26. The highest BCUT2D eigenvalue weighted by molar-refractivity contribution is 6.01. The Morgan fingerprint density at radius 2 is 2.21 bits per heavy atom. The summed E-state index contributed by atoms with van der Waals surface area (Å²) in [6.45, 7) is 0.344. The molecule has 2 N–H and O–H groups in total. The fourth-order valence-corrected chi connectivity index (χ4v) is 1.41. The van der Waals surface area contributed by atoms with Gasteiger partial charge in [-0.3, -0.25) is 9.69 Å². The number of nitrogens with two attached hydrogens (primary N) is 1. The minimum absolute atomic E-state index is 0.00176. The normalized spacial score (nSPS) is 15.7. The summed E-state index contributed by atoms with van der Waals surface area (Å²) in [5.41, 5.74) is 6.28. The van der Waals surface area contributed by atoms with E-state index in [0.717, 1.165) is 5.69 Å². The number of carbonyl (C=O) groups is 1. The molecule has 1 aliphatic rings. The first kappa shape index (κ1) is 8.74. The van der Waals surface area contributed by atoms with Crippen LogP contribution in [0.15, 0.2) is 6.20 Å². The number of carbonyl (C=O) groups excluding carboxylic acids is 1. The number of rotatable bonds is 0. The lowest BCUT2D eigenvalue weighted by Crippen LogP contribution is -2.42. The second kappa shape index (κ2) is 2.83. The van der Waals surface area contributed by atoms with Crippen molar-refractivity contribution in [3.8, 4) is 0 Å². The quantitative estimate of drug-likeness (QED) is 0.599. The molecule has 1 aromatic rings. The molecule has 2 heterocycles. The molecule has 0 saturated heterocycles. The lowest BCUT2D eigenvalue weighted by Gasteiger charge is -2.31. The van der Waals surface area contributed by atoms with Crippen molar-refractivity contribution in [3.63, 3.8) is 0 Å². The van der Waals surface area contributed by atoms with Gasteiger partial charge in [0, 0.05) is 14.1 Å². The lowest BCUT2D eigenvalue weighted by atomic mass is 10.3. The summed E-state index contributed by atoms with van der Waals surface area (Å²) >= 11 is 0. The summed E-state index contributed by atoms with van der Waals surface area (Å²) in [7, 11) is 3.50. The summed E-state index contributed by atoms with van der Waals surface area (Å²) in [5.74, 6) is 0.744. The molecule has 14 heavy (non-hydrogen) atoms. The molecular weight excluding hydrogens is 182 g/mol. The fraction of sp³-hybridized carbons (Fsp3) is 0.375. The summed E-state index contributed by atoms with van der Waals surface area (Å²) in [5, 5.41) is 0. The minimum Gasteiger partial charge on any atom is -0.368 e. The average Bonchev–Trinajstić information content (AvgIpc) is 2.14. The number of hydrogen-bond donors (Lipinski definition) is 1. The van der Waals surface area contributed by atoms with Crippen molar-refractivity contribution < 1.29 is 4.79 Å². The molecule has 1 aromatic heterocycles. The van der Waals surface area contributed by atoms with E-state index in [4.69, 9.17) is 5.73 Å². The monoisotopic (exact) mass is 193 g/mol. The fourth-order valence-electron chi connectivity index (χ4n) is 1.41. The summed E-state index contributed by atoms with van der Waals surface area (Å²) in [4.78, 5) is 22.7. The van der Waals surface area contributed by atoms with Gasteiger partial charge in [0.25, 0.3) is 0 Å². The van der Waals surface area contributed by atoms with Crippen LogP contribution in [0.3, 0.4) is 0 Å². The van der Waals surface area contributed by atoms with Crippen molar-refractivity contribution >= 4 is 23.4 Å². The predicted octanol–water partition coefficient (Wildman–Crippen LogP) is -0.529. The van der Waals surface area contributed by atoms with Crippen molar-refractivity contribution in [1.29, 1.82) is 0 Å². The number of nitrogen functional groups attached to an aromatic ring is 1. The second-order valence-electron chi connectivity index (χ2n) is 3.25. The maximum atomic E-state index is 11.5. The van der Waals surface area contributed by atoms with Crippen molar-refractivity contribution in [2.45, 2.75) is 0 Å². The molecule has 1 amide bonds. The Balaban J connectivity index is 2.56. The average molecular weight is 193 g/mol. The molecule has 6 nitrogen and oxygen atoms in total. The molecule has 0 radical (unpaired) electrons. The molecule has 0 unspecified atom stereocenters. The van der Waals surface area contributed by atoms with Crippen molar-refractivity contribution in [1.82, 2.24) is 9.97 Å². The third-order valence-corrected chi connectivity index (χ3v) is 2.24. The molecule has 0 saturated carbocycles. The van der Waals surface area contributed by atoms with Gasteiger partial charge in [-0.2, -0.15) is 4.98 Å². The molecule has 0 aromatic carbocycles. The van der Waals surface area contributed by atoms with Gasteiger partial charge < -0.3 is 10.6 Å². The van der Waals surface area contributed by atoms with Gasteiger partial charge in [0.05, 0.1) is 18.4 Å². The third-order valence-electron chi connectivity index (χ3n) is 2.24. The zero-order valence-electron chi connectivity index (χ0n) is 8.06. The Bertz CT molecular complexity index is 391. The van der Waals surface area contributed by atoms with E-state index in [-0.39, 0.29) is 11.9 Å². The first-order valence-electron chi connectivity index (χ1n) is 4.20. The van der Waals surface area contributed by atoms with E-state index in [2.05, 4.69) is 9.97 Å². The largest absolute Gasteiger partial charge is 0.368 e. The Hall–Kier alpha value is -1.85. The van der Waals surface area contributed by atoms with E-state index in [0.29, 0.717) is 12.4 Å². The van der Waals surface area contributed by atoms with Crippen LogP contribution in [-0.2, 0) is 4.79 Å². The van der Waals surface area contributed by atoms with Crippen LogP contribution in [0.1, 0.15) is 0 Å². The topological polar surface area (TPSA) is 75.4 Å². The molecule has 0 spiro atoms. The highest BCUT2D eigenvalue weighted by Crippen LogP contribution is 2.28. The Kier molecular flexibility index (Phi) is 1.77. The standard InChI is InChI=1S/C8H11N5O/c1-12-4-6(14)13(2)7-5(12)3-10-8(9)11-7/h3H,4H2,1-2H3,(H2,9,10,11). The van der Waals surface area contributed by atoms with Crippen molar-refractivity contribution in [2.75, 3.05) is 36.2 Å². The van der Waals surface area contributed by atoms with Crippen LogP contribution in [0.2, 0.25) is 0 Å². The third kappa shape index (κ3) is 1.15. The van der Waals surface area contributed by atoms with E-state index < -0.39 is 0 Å². The van der Waals surface area contributed by atoms with Crippen LogP contribution < -0.4 is 15.5 Å². The van der Waals surface area contributed by atoms with Crippen molar-refractivity contribution in [2.24, 2.45) is 0 Å². The van der Waals surface area contributed by atoms with E-state index in [1.54, 1.807) is 18.1 Å². The molecule has 0 fully saturated rings. The summed E-state index contributed by atoms with van der Waals surface area (Å²) in [6, 6.07) is 0. The van der Waals surface area contributed by atoms with Gasteiger partial charge in [0.2, 0.25) is 11.9 Å². The molecular formula is C8H11N5O. The zero-order chi connectivity index (χ0) is 10.3. The first-order chi connectivity index (χ1) is 6.59. The van der Waals surface area contributed by atoms with Gasteiger partial charge in [-0.25, -0.2) is 4.98 Å². The van der Waals surface area contributed by atoms with Crippen LogP contribution in [0, 0.1) is 0 Å². The zero-order valence-corrected chi connectivity index (χ0v) is 8.06. The van der Waals surface area contributed by atoms with E-state index in [9.17, 15) is 4.79 Å². The molecule has 0 atom stereocenters. The maximum Gasteiger partial charge on any atom is 0.247 e. The molecule has 6 heteroatoms. The van der Waals surface area contributed by atoms with Crippen LogP contribution >= 0.6 is 0 Å². The van der Waals surface area contributed by atoms with E-state index in [1.165, 1.54) is 4.90 Å². The Labute approximate surface area is 81.3 Å². The number of hydrogen-bond acceptors (Lipinski definition) is 5. The molecule has 2 rings (SSSR count). The smallest absolute Gasteiger partial charge is 0.247 e. The number of amides is 1. The SMILES string of the molecule is CN1CC(=O)N(C)c2nc(N)ncc21. The van der Waals surface area contributed by atoms with Gasteiger partial charge in [0.15, 0.2) is 5.82 Å². The van der Waals surface area contributed by atoms with Crippen LogP contribution in [0.5, 0.6) is 0 Å². The van der Waals surface area contributed by atoms with Gasteiger partial charge >= 0.3 is 0 Å². The van der Waals surface area contributed by atoms with Gasteiger partial charge in [-0.15, -0.1) is 0 Å². The molecule has 74 valence electrons. The number of fused-ring (bicyclic) bond motifs is 1. The highest BCUT2D eigenvalue weighted by atomic mass is 16.2. The van der Waals surface area contributed by atoms with Crippen molar-refractivity contribution in [3.05, 3.63) is 6.20 Å². The molecule has 1 aliphatic heterocycles. The number of nitrogens with zero attached hydrogens (tertiary/aromatic N) is 4. The van der Waals surface area contributed by atoms with Gasteiger partial charge in [0.1, 0.15) is 0 Å². The second-order valence-corrected chi connectivity index (χ2v) is 3.25. The van der Waals surface area contributed by atoms with Crippen LogP contribution in [0.25, 0.3) is 0 Å². The molecule has 0 bridgehead atoms. The number of aromatic nitrogens is 2. The lowest BCUT2D eigenvalue weighted by molar-refractivity contribution is -0.117. The Morgan fingerprint density at radius 1 is 1.50 bits per heavy atom. The summed E-state index contributed by atoms with van der Waals surface area (Å²) in [6.07, 6.45) is 1.63. The Morgan fingerprint density at radius 3 is 2.93 bits per heavy atom. The predicted molar refractivity (Wildman–Crippen MR) is 53.1 cm³/mol. The summed E-state index contributed by atoms with van der Waals surface area (Å²) < 4.78 is 0. The van der Waals surface area contributed by atoms with Crippen LogP contribution in [-0.4, -0.2) is 36.5 Å². The number of likely N-dealkylation sites (N-methyl/N-ethyl adjacent to an activating group) is 2. The first-order valence-corrected chi connectivity index (χ1v) is 4.20. The number of anilines is 3. The van der Waals surface area contributed by atoms with E-state index in [1.807, 2.05) is 7.05 Å². The minimum atomic E-state index is -0.00176. The van der Waals surface area contributed by atoms with E-state index >= 15 is 0 Å². The van der Waals surface area contributed by atoms with Crippen LogP contribution in [0.4, 0.5) is 17.5 Å².